The van der Waals surface area contributed by atoms with Crippen molar-refractivity contribution in [2.75, 3.05) is 0 Å². The van der Waals surface area contributed by atoms with Crippen molar-refractivity contribution in [1.82, 2.24) is 0 Å². The van der Waals surface area contributed by atoms with Crippen molar-refractivity contribution in [1.29, 1.82) is 0 Å². The summed E-state index contributed by atoms with van der Waals surface area (Å²) in [6.45, 7) is 4.24. The minimum atomic E-state index is -0.230. The Morgan fingerprint density at radius 1 is 1.06 bits per heavy atom. The Kier molecular flexibility index (Phi) is 3.43. The molecule has 2 heteroatoms. The van der Waals surface area contributed by atoms with E-state index in [1.54, 1.807) is 19.1 Å². The summed E-state index contributed by atoms with van der Waals surface area (Å²) < 4.78 is 18.8. The molecule has 17 heavy (non-hydrogen) atoms. The lowest BCUT2D eigenvalue weighted by atomic mass is 10.1. The SMILES string of the molecule is Cc1cccc(COc2ccc(C)c(F)c2)c1. The van der Waals surface area contributed by atoms with Gasteiger partial charge in [0.25, 0.3) is 0 Å². The van der Waals surface area contributed by atoms with Crippen LogP contribution in [0, 0.1) is 19.7 Å². The van der Waals surface area contributed by atoms with E-state index < -0.39 is 0 Å². The molecule has 2 rings (SSSR count). The normalized spacial score (nSPS) is 10.3. The molecule has 0 aliphatic rings. The predicted molar refractivity (Wildman–Crippen MR) is 66.6 cm³/mol. The summed E-state index contributed by atoms with van der Waals surface area (Å²) >= 11 is 0. The first kappa shape index (κ1) is 11.6. The van der Waals surface area contributed by atoms with Crippen LogP contribution in [0.25, 0.3) is 0 Å². The molecule has 0 aromatic heterocycles. The zero-order chi connectivity index (χ0) is 12.3. The molecule has 0 bridgehead atoms. The van der Waals surface area contributed by atoms with Gasteiger partial charge in [0.1, 0.15) is 18.2 Å². The third-order valence-corrected chi connectivity index (χ3v) is 2.63. The Morgan fingerprint density at radius 3 is 2.59 bits per heavy atom. The van der Waals surface area contributed by atoms with Crippen LogP contribution in [0.2, 0.25) is 0 Å². The Labute approximate surface area is 101 Å². The van der Waals surface area contributed by atoms with Gasteiger partial charge in [-0.25, -0.2) is 4.39 Å². The molecule has 0 atom stereocenters. The third kappa shape index (κ3) is 3.06. The fourth-order valence-corrected chi connectivity index (χ4v) is 1.63. The summed E-state index contributed by atoms with van der Waals surface area (Å²) in [6.07, 6.45) is 0. The van der Waals surface area contributed by atoms with E-state index in [9.17, 15) is 4.39 Å². The van der Waals surface area contributed by atoms with E-state index in [1.807, 2.05) is 25.1 Å². The fourth-order valence-electron chi connectivity index (χ4n) is 1.63. The fraction of sp³-hybridized carbons (Fsp3) is 0.200. The molecular formula is C15H15FO. The summed E-state index contributed by atoms with van der Waals surface area (Å²) in [4.78, 5) is 0. The van der Waals surface area contributed by atoms with Crippen molar-refractivity contribution in [3.8, 4) is 5.75 Å². The number of rotatable bonds is 3. The monoisotopic (exact) mass is 230 g/mol. The molecular weight excluding hydrogens is 215 g/mol. The van der Waals surface area contributed by atoms with E-state index in [2.05, 4.69) is 6.07 Å². The van der Waals surface area contributed by atoms with E-state index >= 15 is 0 Å². The van der Waals surface area contributed by atoms with Crippen molar-refractivity contribution in [3.63, 3.8) is 0 Å². The molecule has 0 fully saturated rings. The van der Waals surface area contributed by atoms with Gasteiger partial charge in [-0.2, -0.15) is 0 Å². The molecule has 2 aromatic carbocycles. The van der Waals surface area contributed by atoms with Gasteiger partial charge >= 0.3 is 0 Å². The first-order valence-electron chi connectivity index (χ1n) is 5.59. The van der Waals surface area contributed by atoms with Crippen LogP contribution in [-0.4, -0.2) is 0 Å². The minimum Gasteiger partial charge on any atom is -0.489 e. The molecule has 0 saturated carbocycles. The van der Waals surface area contributed by atoms with Gasteiger partial charge in [0.15, 0.2) is 0 Å². The Morgan fingerprint density at radius 2 is 1.88 bits per heavy atom. The molecule has 1 nitrogen and oxygen atoms in total. The van der Waals surface area contributed by atoms with Gasteiger partial charge in [-0.3, -0.25) is 0 Å². The quantitative estimate of drug-likeness (QED) is 0.773. The maximum atomic E-state index is 13.3. The molecule has 0 saturated heterocycles. The van der Waals surface area contributed by atoms with Crippen LogP contribution in [0.15, 0.2) is 42.5 Å². The second-order valence-corrected chi connectivity index (χ2v) is 4.19. The number of aryl methyl sites for hydroxylation is 2. The number of benzene rings is 2. The van der Waals surface area contributed by atoms with Crippen molar-refractivity contribution < 1.29 is 9.13 Å². The highest BCUT2D eigenvalue weighted by atomic mass is 19.1. The van der Waals surface area contributed by atoms with Gasteiger partial charge in [-0.15, -0.1) is 0 Å². The summed E-state index contributed by atoms with van der Waals surface area (Å²) in [5.41, 5.74) is 2.92. The topological polar surface area (TPSA) is 9.23 Å². The van der Waals surface area contributed by atoms with Crippen molar-refractivity contribution >= 4 is 0 Å². The lowest BCUT2D eigenvalue weighted by molar-refractivity contribution is 0.304. The van der Waals surface area contributed by atoms with E-state index in [-0.39, 0.29) is 5.82 Å². The van der Waals surface area contributed by atoms with E-state index in [4.69, 9.17) is 4.74 Å². The smallest absolute Gasteiger partial charge is 0.129 e. The Bertz CT molecular complexity index is 520. The lowest BCUT2D eigenvalue weighted by Crippen LogP contribution is -1.96. The number of halogens is 1. The van der Waals surface area contributed by atoms with Crippen LogP contribution in [0.4, 0.5) is 4.39 Å². The van der Waals surface area contributed by atoms with Crippen molar-refractivity contribution in [3.05, 3.63) is 65.0 Å². The second kappa shape index (κ2) is 5.00. The summed E-state index contributed by atoms with van der Waals surface area (Å²) in [5.74, 6) is 0.335. The number of ether oxygens (including phenoxy) is 1. The van der Waals surface area contributed by atoms with E-state index in [1.165, 1.54) is 11.6 Å². The van der Waals surface area contributed by atoms with Crippen LogP contribution in [-0.2, 0) is 6.61 Å². The Hall–Kier alpha value is -1.83. The third-order valence-electron chi connectivity index (χ3n) is 2.63. The second-order valence-electron chi connectivity index (χ2n) is 4.19. The van der Waals surface area contributed by atoms with Crippen molar-refractivity contribution in [2.24, 2.45) is 0 Å². The van der Waals surface area contributed by atoms with E-state index in [0.717, 1.165) is 5.56 Å². The van der Waals surface area contributed by atoms with Gasteiger partial charge in [0.05, 0.1) is 0 Å². The van der Waals surface area contributed by atoms with Crippen LogP contribution >= 0.6 is 0 Å². The Balaban J connectivity index is 2.05. The largest absolute Gasteiger partial charge is 0.489 e. The molecule has 0 radical (unpaired) electrons. The van der Waals surface area contributed by atoms with Gasteiger partial charge in [0, 0.05) is 6.07 Å². The maximum absolute atomic E-state index is 13.3. The maximum Gasteiger partial charge on any atom is 0.129 e. The highest BCUT2D eigenvalue weighted by molar-refractivity contribution is 5.29. The lowest BCUT2D eigenvalue weighted by Gasteiger charge is -2.07. The predicted octanol–water partition coefficient (Wildman–Crippen LogP) is 4.02. The van der Waals surface area contributed by atoms with E-state index in [0.29, 0.717) is 17.9 Å². The van der Waals surface area contributed by atoms with Gasteiger partial charge in [-0.05, 0) is 31.0 Å². The molecule has 0 unspecified atom stereocenters. The standard InChI is InChI=1S/C15H15FO/c1-11-4-3-5-13(8-11)10-17-14-7-6-12(2)15(16)9-14/h3-9H,10H2,1-2H3. The molecule has 0 heterocycles. The first-order chi connectivity index (χ1) is 8.15. The van der Waals surface area contributed by atoms with Crippen molar-refractivity contribution in [2.45, 2.75) is 20.5 Å². The van der Waals surface area contributed by atoms with Crippen LogP contribution in [0.3, 0.4) is 0 Å². The summed E-state index contributed by atoms with van der Waals surface area (Å²) in [5, 5.41) is 0. The minimum absolute atomic E-state index is 0.230. The first-order valence-corrected chi connectivity index (χ1v) is 5.59. The zero-order valence-electron chi connectivity index (χ0n) is 10.0. The molecule has 0 aliphatic carbocycles. The highest BCUT2D eigenvalue weighted by Gasteiger charge is 2.00. The molecule has 2 aromatic rings. The van der Waals surface area contributed by atoms with Crippen LogP contribution in [0.1, 0.15) is 16.7 Å². The number of hydrogen-bond acceptors (Lipinski definition) is 1. The zero-order valence-corrected chi connectivity index (χ0v) is 10.0. The average molecular weight is 230 g/mol. The highest BCUT2D eigenvalue weighted by Crippen LogP contribution is 2.17. The summed E-state index contributed by atoms with van der Waals surface area (Å²) in [6, 6.07) is 13.0. The molecule has 0 spiro atoms. The molecule has 0 N–H and O–H groups in total. The average Bonchev–Trinajstić information content (AvgIpc) is 2.31. The van der Waals surface area contributed by atoms with Crippen LogP contribution in [0.5, 0.6) is 5.75 Å². The number of hydrogen-bond donors (Lipinski definition) is 0. The summed E-state index contributed by atoms with van der Waals surface area (Å²) in [7, 11) is 0. The van der Waals surface area contributed by atoms with Gasteiger partial charge in [-0.1, -0.05) is 35.9 Å². The van der Waals surface area contributed by atoms with Gasteiger partial charge < -0.3 is 4.74 Å². The van der Waals surface area contributed by atoms with Gasteiger partial charge in [0.2, 0.25) is 0 Å². The molecule has 0 amide bonds. The molecule has 88 valence electrons. The van der Waals surface area contributed by atoms with Crippen LogP contribution < -0.4 is 4.74 Å². The molecule has 0 aliphatic heterocycles.